The smallest absolute Gasteiger partial charge is 0.183 e. The Hall–Kier alpha value is -0.530. The van der Waals surface area contributed by atoms with Crippen LogP contribution in [0.5, 0.6) is 0 Å². The molecule has 1 heterocycles. The number of aliphatic imine (C=N–C) groups is 1. The Kier molecular flexibility index (Phi) is 2.53. The van der Waals surface area contributed by atoms with Gasteiger partial charge >= 0.3 is 0 Å². The zero-order valence-corrected chi connectivity index (χ0v) is 7.68. The van der Waals surface area contributed by atoms with Crippen molar-refractivity contribution in [3.8, 4) is 0 Å². The van der Waals surface area contributed by atoms with Gasteiger partial charge in [0, 0.05) is 6.42 Å². The minimum Gasteiger partial charge on any atom is -0.478 e. The Morgan fingerprint density at radius 3 is 2.27 bits per heavy atom. The first-order valence-electron chi connectivity index (χ1n) is 4.48. The average molecular weight is 155 g/mol. The van der Waals surface area contributed by atoms with Crippen LogP contribution < -0.4 is 0 Å². The maximum Gasteiger partial charge on any atom is 0.183 e. The summed E-state index contributed by atoms with van der Waals surface area (Å²) in [5.74, 6) is 0.939. The summed E-state index contributed by atoms with van der Waals surface area (Å²) >= 11 is 0. The molecule has 0 aromatic rings. The van der Waals surface area contributed by atoms with E-state index < -0.39 is 0 Å². The van der Waals surface area contributed by atoms with E-state index in [1.807, 2.05) is 0 Å². The van der Waals surface area contributed by atoms with Crippen LogP contribution in [0, 0.1) is 0 Å². The number of hydrogen-bond donors (Lipinski definition) is 0. The maximum absolute atomic E-state index is 5.45. The molecule has 0 aromatic carbocycles. The van der Waals surface area contributed by atoms with E-state index in [-0.39, 0.29) is 5.54 Å². The number of rotatable bonds is 3. The zero-order valence-electron chi connectivity index (χ0n) is 7.68. The van der Waals surface area contributed by atoms with Crippen LogP contribution in [-0.4, -0.2) is 18.0 Å². The summed E-state index contributed by atoms with van der Waals surface area (Å²) in [5, 5.41) is 0. The van der Waals surface area contributed by atoms with Crippen LogP contribution in [0.15, 0.2) is 4.99 Å². The van der Waals surface area contributed by atoms with Crippen LogP contribution in [0.1, 0.15) is 40.0 Å². The van der Waals surface area contributed by atoms with E-state index >= 15 is 0 Å². The van der Waals surface area contributed by atoms with Gasteiger partial charge in [-0.3, -0.25) is 0 Å². The van der Waals surface area contributed by atoms with Crippen molar-refractivity contribution in [1.82, 2.24) is 0 Å². The summed E-state index contributed by atoms with van der Waals surface area (Å²) in [6.45, 7) is 7.23. The Bertz CT molecular complexity index is 159. The van der Waals surface area contributed by atoms with Gasteiger partial charge in [-0.05, 0) is 12.8 Å². The summed E-state index contributed by atoms with van der Waals surface area (Å²) in [5.41, 5.74) is 0.116. The first-order chi connectivity index (χ1) is 5.26. The molecule has 0 aliphatic carbocycles. The molecule has 0 N–H and O–H groups in total. The molecule has 2 nitrogen and oxygen atoms in total. The highest BCUT2D eigenvalue weighted by molar-refractivity contribution is 5.77. The molecular weight excluding hydrogens is 138 g/mol. The lowest BCUT2D eigenvalue weighted by molar-refractivity contribution is 0.241. The second-order valence-corrected chi connectivity index (χ2v) is 3.08. The topological polar surface area (TPSA) is 21.6 Å². The van der Waals surface area contributed by atoms with Crippen LogP contribution in [0.3, 0.4) is 0 Å². The van der Waals surface area contributed by atoms with Crippen molar-refractivity contribution < 1.29 is 4.74 Å². The third-order valence-corrected chi connectivity index (χ3v) is 2.49. The Balaban J connectivity index is 2.67. The molecule has 0 fully saturated rings. The first-order valence-corrected chi connectivity index (χ1v) is 4.48. The van der Waals surface area contributed by atoms with Gasteiger partial charge in [-0.2, -0.15) is 0 Å². The molecule has 0 aromatic heterocycles. The largest absolute Gasteiger partial charge is 0.478 e. The van der Waals surface area contributed by atoms with Crippen molar-refractivity contribution in [2.75, 3.05) is 6.61 Å². The zero-order chi connectivity index (χ0) is 8.32. The van der Waals surface area contributed by atoms with E-state index in [0.29, 0.717) is 0 Å². The van der Waals surface area contributed by atoms with Crippen molar-refractivity contribution in [3.05, 3.63) is 0 Å². The number of hydrogen-bond acceptors (Lipinski definition) is 2. The third kappa shape index (κ3) is 1.55. The highest BCUT2D eigenvalue weighted by Gasteiger charge is 2.31. The Labute approximate surface area is 68.7 Å². The molecule has 1 aliphatic heterocycles. The van der Waals surface area contributed by atoms with Crippen LogP contribution in [0.4, 0.5) is 0 Å². The number of ether oxygens (including phenoxy) is 1. The Morgan fingerprint density at radius 2 is 2.00 bits per heavy atom. The molecule has 11 heavy (non-hydrogen) atoms. The van der Waals surface area contributed by atoms with E-state index in [2.05, 4.69) is 25.8 Å². The maximum atomic E-state index is 5.45. The van der Waals surface area contributed by atoms with Gasteiger partial charge in [-0.1, -0.05) is 20.8 Å². The lowest BCUT2D eigenvalue weighted by Gasteiger charge is -2.18. The molecule has 1 rings (SSSR count). The molecule has 2 heteroatoms. The lowest BCUT2D eigenvalue weighted by atomic mass is 9.96. The fraction of sp³-hybridized carbons (Fsp3) is 0.889. The van der Waals surface area contributed by atoms with Crippen molar-refractivity contribution in [1.29, 1.82) is 0 Å². The highest BCUT2D eigenvalue weighted by Crippen LogP contribution is 2.26. The molecule has 0 spiro atoms. The van der Waals surface area contributed by atoms with Crippen LogP contribution >= 0.6 is 0 Å². The third-order valence-electron chi connectivity index (χ3n) is 2.49. The fourth-order valence-corrected chi connectivity index (χ4v) is 1.34. The van der Waals surface area contributed by atoms with E-state index in [1.165, 1.54) is 0 Å². The van der Waals surface area contributed by atoms with E-state index in [1.54, 1.807) is 0 Å². The molecular formula is C9H17NO. The van der Waals surface area contributed by atoms with Gasteiger partial charge in [0.1, 0.15) is 6.61 Å². The normalized spacial score (nSPS) is 21.2. The standard InChI is InChI=1S/C9H17NO/c1-4-8-10-9(5-2,6-3)7-11-8/h4-7H2,1-3H3. The van der Waals surface area contributed by atoms with Crippen molar-refractivity contribution >= 4 is 5.90 Å². The predicted octanol–water partition coefficient (Wildman–Crippen LogP) is 2.38. The molecule has 0 atom stereocenters. The van der Waals surface area contributed by atoms with Gasteiger partial charge in [0.2, 0.25) is 0 Å². The predicted molar refractivity (Wildman–Crippen MR) is 47.0 cm³/mol. The molecule has 0 amide bonds. The van der Waals surface area contributed by atoms with Gasteiger partial charge in [0.05, 0.1) is 5.54 Å². The molecule has 64 valence electrons. The summed E-state index contributed by atoms with van der Waals surface area (Å²) in [7, 11) is 0. The summed E-state index contributed by atoms with van der Waals surface area (Å²) in [6.07, 6.45) is 3.11. The minimum atomic E-state index is 0.116. The summed E-state index contributed by atoms with van der Waals surface area (Å²) in [4.78, 5) is 4.57. The molecule has 0 unspecified atom stereocenters. The van der Waals surface area contributed by atoms with Crippen LogP contribution in [0.2, 0.25) is 0 Å². The monoisotopic (exact) mass is 155 g/mol. The average Bonchev–Trinajstić information content (AvgIpc) is 2.49. The molecule has 0 bridgehead atoms. The van der Waals surface area contributed by atoms with Gasteiger partial charge in [-0.15, -0.1) is 0 Å². The van der Waals surface area contributed by atoms with E-state index in [0.717, 1.165) is 31.8 Å². The molecule has 0 radical (unpaired) electrons. The fourth-order valence-electron chi connectivity index (χ4n) is 1.34. The van der Waals surface area contributed by atoms with Crippen molar-refractivity contribution in [3.63, 3.8) is 0 Å². The van der Waals surface area contributed by atoms with Gasteiger partial charge in [0.15, 0.2) is 5.90 Å². The van der Waals surface area contributed by atoms with Crippen molar-refractivity contribution in [2.24, 2.45) is 4.99 Å². The van der Waals surface area contributed by atoms with Gasteiger partial charge in [0.25, 0.3) is 0 Å². The number of nitrogens with zero attached hydrogens (tertiary/aromatic N) is 1. The van der Waals surface area contributed by atoms with Gasteiger partial charge < -0.3 is 4.74 Å². The highest BCUT2D eigenvalue weighted by atomic mass is 16.5. The van der Waals surface area contributed by atoms with E-state index in [4.69, 9.17) is 4.74 Å². The van der Waals surface area contributed by atoms with Gasteiger partial charge in [-0.25, -0.2) is 4.99 Å². The van der Waals surface area contributed by atoms with Crippen LogP contribution in [0.25, 0.3) is 0 Å². The van der Waals surface area contributed by atoms with Crippen molar-refractivity contribution in [2.45, 2.75) is 45.6 Å². The SMILES string of the molecule is CCC1=NC(CC)(CC)CO1. The Morgan fingerprint density at radius 1 is 1.36 bits per heavy atom. The second-order valence-electron chi connectivity index (χ2n) is 3.08. The summed E-state index contributed by atoms with van der Waals surface area (Å²) < 4.78 is 5.45. The second kappa shape index (κ2) is 3.24. The van der Waals surface area contributed by atoms with E-state index in [9.17, 15) is 0 Å². The van der Waals surface area contributed by atoms with Crippen LogP contribution in [-0.2, 0) is 4.74 Å². The minimum absolute atomic E-state index is 0.116. The quantitative estimate of drug-likeness (QED) is 0.613. The summed E-state index contributed by atoms with van der Waals surface area (Å²) in [6, 6.07) is 0. The molecule has 0 saturated carbocycles. The lowest BCUT2D eigenvalue weighted by Crippen LogP contribution is -2.25. The first kappa shape index (κ1) is 8.57. The molecule has 1 aliphatic rings. The molecule has 0 saturated heterocycles.